The Labute approximate surface area is 123 Å². The number of rotatable bonds is 5. The lowest BCUT2D eigenvalue weighted by Gasteiger charge is -2.43. The third-order valence-corrected chi connectivity index (χ3v) is 4.61. The first-order chi connectivity index (χ1) is 9.38. The first kappa shape index (κ1) is 15.4. The van der Waals surface area contributed by atoms with E-state index in [0.717, 1.165) is 19.8 Å². The van der Waals surface area contributed by atoms with Crippen LogP contribution in [0.4, 0.5) is 5.69 Å². The van der Waals surface area contributed by atoms with Gasteiger partial charge in [0.15, 0.2) is 0 Å². The van der Waals surface area contributed by atoms with E-state index in [1.54, 1.807) is 0 Å². The molecule has 0 saturated carbocycles. The van der Waals surface area contributed by atoms with Crippen LogP contribution in [0.1, 0.15) is 58.6 Å². The van der Waals surface area contributed by atoms with Crippen molar-refractivity contribution in [1.29, 1.82) is 0 Å². The summed E-state index contributed by atoms with van der Waals surface area (Å²) in [5.41, 5.74) is 4.84. The molecule has 2 heteroatoms. The number of benzene rings is 1. The van der Waals surface area contributed by atoms with Crippen molar-refractivity contribution in [2.24, 2.45) is 0 Å². The highest BCUT2D eigenvalue weighted by Crippen LogP contribution is 2.48. The highest BCUT2D eigenvalue weighted by molar-refractivity contribution is 5.60. The van der Waals surface area contributed by atoms with Crippen LogP contribution in [0, 0.1) is 0 Å². The zero-order chi connectivity index (χ0) is 14.8. The molecule has 0 bridgehead atoms. The monoisotopic (exact) mass is 275 g/mol. The van der Waals surface area contributed by atoms with Gasteiger partial charge in [-0.3, -0.25) is 0 Å². The van der Waals surface area contributed by atoms with Gasteiger partial charge in [0.25, 0.3) is 0 Å². The normalized spacial score (nSPS) is 19.4. The summed E-state index contributed by atoms with van der Waals surface area (Å²) < 4.78 is 5.43. The second-order valence-electron chi connectivity index (χ2n) is 7.12. The van der Waals surface area contributed by atoms with Crippen molar-refractivity contribution in [2.45, 2.75) is 58.3 Å². The van der Waals surface area contributed by atoms with Crippen LogP contribution in [0.3, 0.4) is 0 Å². The fraction of sp³-hybridized carbons (Fsp3) is 0.667. The predicted octanol–water partition coefficient (Wildman–Crippen LogP) is 4.48. The predicted molar refractivity (Wildman–Crippen MR) is 86.7 cm³/mol. The fourth-order valence-electron chi connectivity index (χ4n) is 3.28. The molecule has 0 saturated heterocycles. The summed E-state index contributed by atoms with van der Waals surface area (Å²) in [7, 11) is 0. The Morgan fingerprint density at radius 2 is 1.80 bits per heavy atom. The summed E-state index contributed by atoms with van der Waals surface area (Å²) in [4.78, 5) is 0. The zero-order valence-corrected chi connectivity index (χ0v) is 13.7. The van der Waals surface area contributed by atoms with E-state index in [4.69, 9.17) is 4.74 Å². The fourth-order valence-corrected chi connectivity index (χ4v) is 3.28. The van der Waals surface area contributed by atoms with E-state index in [2.05, 4.69) is 51.2 Å². The Balaban J connectivity index is 2.30. The van der Waals surface area contributed by atoms with Crippen molar-refractivity contribution < 1.29 is 4.74 Å². The number of ether oxygens (including phenoxy) is 1. The average molecular weight is 275 g/mol. The minimum atomic E-state index is 0.250. The van der Waals surface area contributed by atoms with Crippen molar-refractivity contribution >= 4 is 5.69 Å². The molecular formula is C18H29NO. The SMILES string of the molecule is CCOCCNc1cccc2c1C(C)(C)CCC2(C)C. The molecule has 112 valence electrons. The van der Waals surface area contributed by atoms with Crippen molar-refractivity contribution in [3.05, 3.63) is 29.3 Å². The molecule has 1 aliphatic rings. The molecule has 1 N–H and O–H groups in total. The minimum absolute atomic E-state index is 0.250. The van der Waals surface area contributed by atoms with E-state index in [1.807, 2.05) is 6.92 Å². The van der Waals surface area contributed by atoms with Gasteiger partial charge < -0.3 is 10.1 Å². The van der Waals surface area contributed by atoms with Crippen molar-refractivity contribution in [3.8, 4) is 0 Å². The number of fused-ring (bicyclic) bond motifs is 1. The number of hydrogen-bond donors (Lipinski definition) is 1. The Bertz CT molecular complexity index is 462. The largest absolute Gasteiger partial charge is 0.382 e. The lowest BCUT2D eigenvalue weighted by molar-refractivity contribution is 0.158. The van der Waals surface area contributed by atoms with Gasteiger partial charge in [0.1, 0.15) is 0 Å². The highest BCUT2D eigenvalue weighted by Gasteiger charge is 2.38. The summed E-state index contributed by atoms with van der Waals surface area (Å²) in [6.07, 6.45) is 2.51. The van der Waals surface area contributed by atoms with Crippen LogP contribution in [0.2, 0.25) is 0 Å². The van der Waals surface area contributed by atoms with Gasteiger partial charge in [-0.2, -0.15) is 0 Å². The quantitative estimate of drug-likeness (QED) is 0.800. The summed E-state index contributed by atoms with van der Waals surface area (Å²) >= 11 is 0. The second kappa shape index (κ2) is 5.77. The number of nitrogens with one attached hydrogen (secondary N) is 1. The number of anilines is 1. The molecule has 0 amide bonds. The standard InChI is InChI=1S/C18H29NO/c1-6-20-13-12-19-15-9-7-8-14-16(15)18(4,5)11-10-17(14,2)3/h7-9,19H,6,10-13H2,1-5H3. The number of hydrogen-bond acceptors (Lipinski definition) is 2. The summed E-state index contributed by atoms with van der Waals surface area (Å²) in [5, 5.41) is 3.58. The Morgan fingerprint density at radius 1 is 1.10 bits per heavy atom. The molecule has 0 heterocycles. The smallest absolute Gasteiger partial charge is 0.0638 e. The topological polar surface area (TPSA) is 21.3 Å². The zero-order valence-electron chi connectivity index (χ0n) is 13.7. The highest BCUT2D eigenvalue weighted by atomic mass is 16.5. The van der Waals surface area contributed by atoms with Crippen LogP contribution in [0.15, 0.2) is 18.2 Å². The Kier molecular flexibility index (Phi) is 4.43. The molecule has 1 aliphatic carbocycles. The molecule has 0 fully saturated rings. The maximum atomic E-state index is 5.43. The maximum Gasteiger partial charge on any atom is 0.0638 e. The van der Waals surface area contributed by atoms with Gasteiger partial charge in [-0.05, 0) is 47.8 Å². The average Bonchev–Trinajstić information content (AvgIpc) is 2.40. The summed E-state index contributed by atoms with van der Waals surface area (Å²) in [6.45, 7) is 13.9. The first-order valence-corrected chi connectivity index (χ1v) is 7.84. The van der Waals surface area contributed by atoms with Crippen LogP contribution in [-0.4, -0.2) is 19.8 Å². The molecule has 1 aromatic carbocycles. The van der Waals surface area contributed by atoms with E-state index < -0.39 is 0 Å². The molecule has 0 aliphatic heterocycles. The lowest BCUT2D eigenvalue weighted by Crippen LogP contribution is -2.34. The first-order valence-electron chi connectivity index (χ1n) is 7.84. The van der Waals surface area contributed by atoms with Gasteiger partial charge in [-0.15, -0.1) is 0 Å². The lowest BCUT2D eigenvalue weighted by atomic mass is 9.62. The maximum absolute atomic E-state index is 5.43. The molecule has 1 aromatic rings. The summed E-state index contributed by atoms with van der Waals surface area (Å²) in [5.74, 6) is 0. The Hall–Kier alpha value is -1.02. The van der Waals surface area contributed by atoms with Crippen LogP contribution in [0.25, 0.3) is 0 Å². The van der Waals surface area contributed by atoms with E-state index in [1.165, 1.54) is 29.7 Å². The van der Waals surface area contributed by atoms with Gasteiger partial charge in [0.2, 0.25) is 0 Å². The molecule has 0 aromatic heterocycles. The molecule has 20 heavy (non-hydrogen) atoms. The minimum Gasteiger partial charge on any atom is -0.382 e. The Morgan fingerprint density at radius 3 is 2.50 bits per heavy atom. The van der Waals surface area contributed by atoms with E-state index in [9.17, 15) is 0 Å². The second-order valence-corrected chi connectivity index (χ2v) is 7.12. The van der Waals surface area contributed by atoms with Gasteiger partial charge in [0.05, 0.1) is 6.61 Å². The molecule has 0 spiro atoms. The van der Waals surface area contributed by atoms with Gasteiger partial charge in [-0.25, -0.2) is 0 Å². The molecule has 0 atom stereocenters. The third-order valence-electron chi connectivity index (χ3n) is 4.61. The van der Waals surface area contributed by atoms with Crippen molar-refractivity contribution in [3.63, 3.8) is 0 Å². The van der Waals surface area contributed by atoms with Crippen LogP contribution in [-0.2, 0) is 15.6 Å². The van der Waals surface area contributed by atoms with Crippen molar-refractivity contribution in [1.82, 2.24) is 0 Å². The van der Waals surface area contributed by atoms with Gasteiger partial charge >= 0.3 is 0 Å². The molecule has 2 rings (SSSR count). The molecule has 0 radical (unpaired) electrons. The van der Waals surface area contributed by atoms with Gasteiger partial charge in [-0.1, -0.05) is 39.8 Å². The van der Waals surface area contributed by atoms with Crippen LogP contribution >= 0.6 is 0 Å². The van der Waals surface area contributed by atoms with E-state index in [0.29, 0.717) is 0 Å². The molecule has 0 unspecified atom stereocenters. The van der Waals surface area contributed by atoms with E-state index in [-0.39, 0.29) is 10.8 Å². The summed E-state index contributed by atoms with van der Waals surface area (Å²) in [6, 6.07) is 6.71. The third kappa shape index (κ3) is 3.01. The van der Waals surface area contributed by atoms with Gasteiger partial charge in [0, 0.05) is 18.8 Å². The van der Waals surface area contributed by atoms with Crippen LogP contribution in [0.5, 0.6) is 0 Å². The van der Waals surface area contributed by atoms with Crippen LogP contribution < -0.4 is 5.32 Å². The van der Waals surface area contributed by atoms with Crippen molar-refractivity contribution in [2.75, 3.05) is 25.1 Å². The molecular weight excluding hydrogens is 246 g/mol. The van der Waals surface area contributed by atoms with E-state index >= 15 is 0 Å². The molecule has 2 nitrogen and oxygen atoms in total.